The Hall–Kier alpha value is -4.45. The Morgan fingerprint density at radius 2 is 1.72 bits per heavy atom. The molecule has 3 aromatic rings. The van der Waals surface area contributed by atoms with Crippen LogP contribution < -0.4 is 10.1 Å². The summed E-state index contributed by atoms with van der Waals surface area (Å²) in [7, 11) is 4.61. The molecule has 1 aromatic heterocycles. The fourth-order valence-electron chi connectivity index (χ4n) is 6.85. The average Bonchev–Trinajstić information content (AvgIpc) is 3.50. The molecule has 4 amide bonds. The summed E-state index contributed by atoms with van der Waals surface area (Å²) in [5.41, 5.74) is 6.78. The Morgan fingerprint density at radius 1 is 1.04 bits per heavy atom. The van der Waals surface area contributed by atoms with Gasteiger partial charge in [-0.2, -0.15) is 0 Å². The monoisotopic (exact) mass is 658 g/mol. The number of nitrogens with one attached hydrogen (secondary N) is 1. The molecule has 47 heavy (non-hydrogen) atoms. The number of rotatable bonds is 6. The summed E-state index contributed by atoms with van der Waals surface area (Å²) in [5.74, 6) is 0.189. The van der Waals surface area contributed by atoms with Gasteiger partial charge in [0.2, 0.25) is 11.8 Å². The lowest BCUT2D eigenvalue weighted by atomic mass is 9.95. The highest BCUT2D eigenvalue weighted by Crippen LogP contribution is 2.45. The molecule has 1 unspecified atom stereocenters. The largest absolute Gasteiger partial charge is 0.481 e. The number of hydrogen-bond donors (Lipinski definition) is 2. The molecule has 2 N–H and O–H groups in total. The van der Waals surface area contributed by atoms with Gasteiger partial charge in [-0.1, -0.05) is 41.9 Å². The number of carbonyl (C=O) groups is 3. The summed E-state index contributed by atoms with van der Waals surface area (Å²) in [4.78, 5) is 48.9. The maximum Gasteiger partial charge on any atom is 0.325 e. The Morgan fingerprint density at radius 3 is 2.43 bits per heavy atom. The molecule has 6 rings (SSSR count). The maximum absolute atomic E-state index is 13.2. The molecule has 2 aliphatic heterocycles. The molecule has 2 aromatic carbocycles. The van der Waals surface area contributed by atoms with Gasteiger partial charge in [-0.05, 0) is 48.6 Å². The molecule has 1 saturated heterocycles. The number of aromatic nitrogens is 1. The second-order valence-corrected chi connectivity index (χ2v) is 12.6. The highest BCUT2D eigenvalue weighted by molar-refractivity contribution is 6.36. The SMILES string of the molecule is COc1nc(-c2cccc(-c3cccc(NC(=O)C4=CN(C)C(=O)N(C)C4O)c3C)c2Cl)cc2c1[C@@H](N1CCN(C(C)=O)CC1)CC2. The molecule has 246 valence electrons. The Bertz CT molecular complexity index is 1790. The summed E-state index contributed by atoms with van der Waals surface area (Å²) in [6, 6.07) is 13.3. The van der Waals surface area contributed by atoms with Crippen molar-refractivity contribution in [3.05, 3.63) is 76.0 Å². The van der Waals surface area contributed by atoms with Gasteiger partial charge in [0.1, 0.15) is 0 Å². The first kappa shape index (κ1) is 32.5. The molecule has 2 atom stereocenters. The third-order valence-corrected chi connectivity index (χ3v) is 9.92. The van der Waals surface area contributed by atoms with Crippen LogP contribution in [0.15, 0.2) is 54.2 Å². The quantitative estimate of drug-likeness (QED) is 0.395. The van der Waals surface area contributed by atoms with Gasteiger partial charge in [-0.25, -0.2) is 9.78 Å². The van der Waals surface area contributed by atoms with Crippen molar-refractivity contribution in [3.63, 3.8) is 0 Å². The third-order valence-electron chi connectivity index (χ3n) is 9.51. The summed E-state index contributed by atoms with van der Waals surface area (Å²) in [6.45, 7) is 6.58. The number of ether oxygens (including phenoxy) is 1. The average molecular weight is 659 g/mol. The van der Waals surface area contributed by atoms with Crippen LogP contribution in [0.1, 0.15) is 36.1 Å². The van der Waals surface area contributed by atoms with Crippen molar-refractivity contribution >= 4 is 35.1 Å². The highest BCUT2D eigenvalue weighted by atomic mass is 35.5. The van der Waals surface area contributed by atoms with Gasteiger partial charge < -0.3 is 25.0 Å². The topological polar surface area (TPSA) is 119 Å². The van der Waals surface area contributed by atoms with Gasteiger partial charge in [0.25, 0.3) is 5.91 Å². The predicted octanol–water partition coefficient (Wildman–Crippen LogP) is 4.68. The second-order valence-electron chi connectivity index (χ2n) is 12.2. The van der Waals surface area contributed by atoms with E-state index in [1.54, 1.807) is 20.1 Å². The van der Waals surface area contributed by atoms with Crippen molar-refractivity contribution in [3.8, 4) is 28.3 Å². The van der Waals surface area contributed by atoms with Crippen LogP contribution in [0.5, 0.6) is 5.88 Å². The molecule has 0 saturated carbocycles. The summed E-state index contributed by atoms with van der Waals surface area (Å²) in [5, 5.41) is 14.0. The van der Waals surface area contributed by atoms with Crippen LogP contribution in [0.4, 0.5) is 10.5 Å². The van der Waals surface area contributed by atoms with Gasteiger partial charge >= 0.3 is 6.03 Å². The normalized spacial score (nSPS) is 19.9. The van der Waals surface area contributed by atoms with Crippen LogP contribution >= 0.6 is 11.6 Å². The van der Waals surface area contributed by atoms with E-state index in [2.05, 4.69) is 16.3 Å². The molecular formula is C35H39ClN6O5. The molecule has 12 heteroatoms. The van der Waals surface area contributed by atoms with E-state index >= 15 is 0 Å². The zero-order chi connectivity index (χ0) is 33.6. The Labute approximate surface area is 279 Å². The van der Waals surface area contributed by atoms with E-state index in [9.17, 15) is 19.5 Å². The molecule has 11 nitrogen and oxygen atoms in total. The standard InChI is InChI=1S/C35H39ClN6O5/c1-20-23(8-7-11-27(20)37-32(44)26-19-39(3)35(46)40(4)34(26)45)24-9-6-10-25(31(24)36)28-18-22-12-13-29(30(22)33(38-28)47-5)42-16-14-41(15-17-42)21(2)43/h6-11,18-19,29,34,45H,12-17H2,1-5H3,(H,37,44)/t29-,34?/m0/s1. The zero-order valence-electron chi connectivity index (χ0n) is 27.2. The minimum absolute atomic E-state index is 0.0524. The number of likely N-dealkylation sites (N-methyl/N-ethyl adjacent to an activating group) is 1. The number of urea groups is 1. The number of pyridine rings is 1. The molecule has 3 heterocycles. The van der Waals surface area contributed by atoms with Crippen molar-refractivity contribution in [2.75, 3.05) is 52.7 Å². The molecule has 0 radical (unpaired) electrons. The number of carbonyl (C=O) groups excluding carboxylic acids is 3. The number of aryl methyl sites for hydroxylation is 1. The lowest BCUT2D eigenvalue weighted by Gasteiger charge is -2.38. The number of benzene rings is 2. The summed E-state index contributed by atoms with van der Waals surface area (Å²) < 4.78 is 5.87. The van der Waals surface area contributed by atoms with Crippen LogP contribution in [0.3, 0.4) is 0 Å². The van der Waals surface area contributed by atoms with Crippen LogP contribution in [0.2, 0.25) is 5.02 Å². The second kappa shape index (κ2) is 13.0. The van der Waals surface area contributed by atoms with Gasteiger partial charge in [0.15, 0.2) is 6.23 Å². The van der Waals surface area contributed by atoms with E-state index in [0.29, 0.717) is 16.6 Å². The number of methoxy groups -OCH3 is 1. The lowest BCUT2D eigenvalue weighted by Crippen LogP contribution is -2.49. The van der Waals surface area contributed by atoms with Crippen molar-refractivity contribution in [2.24, 2.45) is 0 Å². The first-order chi connectivity index (χ1) is 22.5. The first-order valence-electron chi connectivity index (χ1n) is 15.7. The number of aliphatic hydroxyl groups is 1. The Balaban J connectivity index is 1.28. The van der Waals surface area contributed by atoms with Gasteiger partial charge in [-0.3, -0.25) is 19.4 Å². The number of piperazine rings is 1. The van der Waals surface area contributed by atoms with Crippen LogP contribution in [-0.2, 0) is 16.0 Å². The fraction of sp³-hybridized carbons (Fsp3) is 0.371. The molecule has 0 bridgehead atoms. The smallest absolute Gasteiger partial charge is 0.325 e. The fourth-order valence-corrected chi connectivity index (χ4v) is 7.18. The van der Waals surface area contributed by atoms with Crippen molar-refractivity contribution < 1.29 is 24.2 Å². The van der Waals surface area contributed by atoms with Crippen LogP contribution in [-0.4, -0.2) is 101 Å². The number of hydrogen-bond acceptors (Lipinski definition) is 7. The first-order valence-corrected chi connectivity index (χ1v) is 16.0. The van der Waals surface area contributed by atoms with Gasteiger partial charge in [-0.15, -0.1) is 0 Å². The van der Waals surface area contributed by atoms with E-state index in [1.807, 2.05) is 42.2 Å². The molecule has 1 fully saturated rings. The van der Waals surface area contributed by atoms with Crippen molar-refractivity contribution in [1.29, 1.82) is 0 Å². The number of nitrogens with zero attached hydrogens (tertiary/aromatic N) is 5. The van der Waals surface area contributed by atoms with E-state index < -0.39 is 18.2 Å². The minimum atomic E-state index is -1.36. The van der Waals surface area contributed by atoms with E-state index in [-0.39, 0.29) is 17.5 Å². The van der Waals surface area contributed by atoms with Gasteiger partial charge in [0, 0.05) is 81.8 Å². The van der Waals surface area contributed by atoms with Crippen LogP contribution in [0, 0.1) is 6.92 Å². The molecule has 1 aliphatic carbocycles. The third kappa shape index (κ3) is 5.95. The van der Waals surface area contributed by atoms with Gasteiger partial charge in [0.05, 0.1) is 23.4 Å². The Kier molecular flexibility index (Phi) is 8.97. The van der Waals surface area contributed by atoms with Crippen molar-refractivity contribution in [2.45, 2.75) is 39.0 Å². The zero-order valence-corrected chi connectivity index (χ0v) is 28.0. The van der Waals surface area contributed by atoms with E-state index in [4.69, 9.17) is 21.3 Å². The number of fused-ring (bicyclic) bond motifs is 1. The summed E-state index contributed by atoms with van der Waals surface area (Å²) >= 11 is 7.14. The number of aliphatic hydroxyl groups excluding tert-OH is 1. The number of anilines is 1. The number of amides is 4. The van der Waals surface area contributed by atoms with Crippen LogP contribution in [0.25, 0.3) is 22.4 Å². The van der Waals surface area contributed by atoms with E-state index in [0.717, 1.165) is 77.4 Å². The predicted molar refractivity (Wildman–Crippen MR) is 180 cm³/mol. The maximum atomic E-state index is 13.2. The van der Waals surface area contributed by atoms with E-state index in [1.165, 1.54) is 30.8 Å². The molecule has 3 aliphatic rings. The highest BCUT2D eigenvalue weighted by Gasteiger charge is 2.35. The molecular weight excluding hydrogens is 620 g/mol. The lowest BCUT2D eigenvalue weighted by molar-refractivity contribution is -0.130. The summed E-state index contributed by atoms with van der Waals surface area (Å²) in [6.07, 6.45) is 1.83. The number of halogens is 1. The van der Waals surface area contributed by atoms with Crippen molar-refractivity contribution in [1.82, 2.24) is 24.6 Å². The minimum Gasteiger partial charge on any atom is -0.481 e. The molecule has 0 spiro atoms.